The van der Waals surface area contributed by atoms with E-state index < -0.39 is 5.60 Å². The highest BCUT2D eigenvalue weighted by molar-refractivity contribution is 6.32. The van der Waals surface area contributed by atoms with Crippen LogP contribution in [0.5, 0.6) is 11.5 Å². The number of aliphatic hydroxyl groups is 1. The van der Waals surface area contributed by atoms with Crippen LogP contribution < -0.4 is 9.47 Å². The van der Waals surface area contributed by atoms with Gasteiger partial charge in [-0.05, 0) is 30.5 Å². The van der Waals surface area contributed by atoms with Crippen molar-refractivity contribution in [3.63, 3.8) is 0 Å². The van der Waals surface area contributed by atoms with Gasteiger partial charge in [-0.3, -0.25) is 0 Å². The zero-order chi connectivity index (χ0) is 10.5. The van der Waals surface area contributed by atoms with Crippen LogP contribution in [0, 0.1) is 0 Å². The Kier molecular flexibility index (Phi) is 1.88. The van der Waals surface area contributed by atoms with Gasteiger partial charge in [0.25, 0.3) is 0 Å². The normalized spacial score (nSPS) is 20.4. The molecule has 2 aliphatic rings. The highest BCUT2D eigenvalue weighted by Gasteiger charge is 2.40. The highest BCUT2D eigenvalue weighted by atomic mass is 35.5. The smallest absolute Gasteiger partial charge is 0.231 e. The van der Waals surface area contributed by atoms with Crippen LogP contribution >= 0.6 is 11.6 Å². The average Bonchev–Trinajstić information content (AvgIpc) is 2.73. The Morgan fingerprint density at radius 1 is 1.33 bits per heavy atom. The third kappa shape index (κ3) is 1.66. The lowest BCUT2D eigenvalue weighted by atomic mass is 10.1. The molecule has 1 heterocycles. The quantitative estimate of drug-likeness (QED) is 0.840. The predicted molar refractivity (Wildman–Crippen MR) is 55.5 cm³/mol. The van der Waals surface area contributed by atoms with Gasteiger partial charge in [-0.15, -0.1) is 0 Å². The summed E-state index contributed by atoms with van der Waals surface area (Å²) in [6, 6.07) is 3.73. The van der Waals surface area contributed by atoms with E-state index in [9.17, 15) is 5.11 Å². The summed E-state index contributed by atoms with van der Waals surface area (Å²) in [4.78, 5) is 0. The Bertz CT molecular complexity index is 413. The molecule has 3 rings (SSSR count). The molecule has 1 aromatic rings. The molecule has 1 fully saturated rings. The Morgan fingerprint density at radius 2 is 2.13 bits per heavy atom. The van der Waals surface area contributed by atoms with Gasteiger partial charge in [0.2, 0.25) is 6.79 Å². The Hall–Kier alpha value is -0.930. The number of fused-ring (bicyclic) bond motifs is 1. The zero-order valence-electron chi connectivity index (χ0n) is 8.12. The first-order valence-electron chi connectivity index (χ1n) is 4.97. The number of halogens is 1. The Labute approximate surface area is 92.6 Å². The summed E-state index contributed by atoms with van der Waals surface area (Å²) in [6.45, 7) is 0.225. The van der Waals surface area contributed by atoms with Crippen molar-refractivity contribution in [2.24, 2.45) is 0 Å². The van der Waals surface area contributed by atoms with Crippen LogP contribution in [-0.2, 0) is 6.42 Å². The minimum atomic E-state index is -0.503. The maximum absolute atomic E-state index is 9.81. The number of rotatable bonds is 2. The van der Waals surface area contributed by atoms with Crippen molar-refractivity contribution in [2.45, 2.75) is 24.9 Å². The van der Waals surface area contributed by atoms with Crippen molar-refractivity contribution in [1.29, 1.82) is 0 Å². The van der Waals surface area contributed by atoms with E-state index in [-0.39, 0.29) is 6.79 Å². The molecule has 1 N–H and O–H groups in total. The van der Waals surface area contributed by atoms with Gasteiger partial charge in [-0.2, -0.15) is 0 Å². The molecule has 0 spiro atoms. The minimum absolute atomic E-state index is 0.225. The summed E-state index contributed by atoms with van der Waals surface area (Å²) < 4.78 is 10.5. The largest absolute Gasteiger partial charge is 0.454 e. The summed E-state index contributed by atoms with van der Waals surface area (Å²) in [5.41, 5.74) is 0.501. The molecule has 0 saturated heterocycles. The SMILES string of the molecule is OC1(Cc2cc(Cl)c3c(c2)OCO3)CC1. The standard InChI is InChI=1S/C11H11ClO3/c12-8-3-7(5-11(13)1-2-11)4-9-10(8)15-6-14-9/h3-4,13H,1-2,5-6H2. The van der Waals surface area contributed by atoms with E-state index in [0.29, 0.717) is 22.9 Å². The van der Waals surface area contributed by atoms with Crippen molar-refractivity contribution in [2.75, 3.05) is 6.79 Å². The Balaban J connectivity index is 1.93. The van der Waals surface area contributed by atoms with Gasteiger partial charge in [0.1, 0.15) is 0 Å². The lowest BCUT2D eigenvalue weighted by Gasteiger charge is -2.09. The minimum Gasteiger partial charge on any atom is -0.454 e. The third-order valence-corrected chi connectivity index (χ3v) is 3.13. The van der Waals surface area contributed by atoms with Crippen LogP contribution in [0.1, 0.15) is 18.4 Å². The maximum atomic E-state index is 9.81. The second-order valence-electron chi connectivity index (χ2n) is 4.21. The van der Waals surface area contributed by atoms with Crippen molar-refractivity contribution < 1.29 is 14.6 Å². The van der Waals surface area contributed by atoms with Crippen molar-refractivity contribution in [1.82, 2.24) is 0 Å². The first-order valence-corrected chi connectivity index (χ1v) is 5.35. The molecule has 15 heavy (non-hydrogen) atoms. The van der Waals surface area contributed by atoms with E-state index >= 15 is 0 Å². The zero-order valence-corrected chi connectivity index (χ0v) is 8.88. The molecular weight excluding hydrogens is 216 g/mol. The predicted octanol–water partition coefficient (Wildman–Crippen LogP) is 2.14. The molecule has 1 aliphatic heterocycles. The monoisotopic (exact) mass is 226 g/mol. The molecule has 4 heteroatoms. The lowest BCUT2D eigenvalue weighted by Crippen LogP contribution is -2.10. The van der Waals surface area contributed by atoms with E-state index in [1.807, 2.05) is 12.1 Å². The van der Waals surface area contributed by atoms with Crippen LogP contribution in [-0.4, -0.2) is 17.5 Å². The van der Waals surface area contributed by atoms with Crippen molar-refractivity contribution in [3.05, 3.63) is 22.7 Å². The third-order valence-electron chi connectivity index (χ3n) is 2.85. The molecule has 1 aliphatic carbocycles. The van der Waals surface area contributed by atoms with Gasteiger partial charge >= 0.3 is 0 Å². The molecule has 0 unspecified atom stereocenters. The number of benzene rings is 1. The molecule has 0 atom stereocenters. The van der Waals surface area contributed by atoms with Crippen LogP contribution in [0.3, 0.4) is 0 Å². The van der Waals surface area contributed by atoms with E-state index in [4.69, 9.17) is 21.1 Å². The Morgan fingerprint density at radius 3 is 2.87 bits per heavy atom. The molecule has 3 nitrogen and oxygen atoms in total. The van der Waals surface area contributed by atoms with Crippen LogP contribution in [0.4, 0.5) is 0 Å². The highest BCUT2D eigenvalue weighted by Crippen LogP contribution is 2.43. The fourth-order valence-corrected chi connectivity index (χ4v) is 2.11. The summed E-state index contributed by atoms with van der Waals surface area (Å²) in [7, 11) is 0. The van der Waals surface area contributed by atoms with Crippen LogP contribution in [0.2, 0.25) is 5.02 Å². The fraction of sp³-hybridized carbons (Fsp3) is 0.455. The lowest BCUT2D eigenvalue weighted by molar-refractivity contribution is 0.151. The van der Waals surface area contributed by atoms with Gasteiger partial charge in [-0.1, -0.05) is 11.6 Å². The topological polar surface area (TPSA) is 38.7 Å². The summed E-state index contributed by atoms with van der Waals surface area (Å²) in [6.07, 6.45) is 2.39. The van der Waals surface area contributed by atoms with E-state index in [0.717, 1.165) is 18.4 Å². The second kappa shape index (κ2) is 3.03. The van der Waals surface area contributed by atoms with Gasteiger partial charge in [0.05, 0.1) is 10.6 Å². The molecule has 0 radical (unpaired) electrons. The van der Waals surface area contributed by atoms with Crippen molar-refractivity contribution in [3.8, 4) is 11.5 Å². The fourth-order valence-electron chi connectivity index (χ4n) is 1.82. The number of hydrogen-bond donors (Lipinski definition) is 1. The summed E-state index contributed by atoms with van der Waals surface area (Å²) in [5, 5.41) is 10.4. The van der Waals surface area contributed by atoms with Crippen LogP contribution in [0.15, 0.2) is 12.1 Å². The first-order chi connectivity index (χ1) is 7.16. The van der Waals surface area contributed by atoms with Gasteiger partial charge < -0.3 is 14.6 Å². The van der Waals surface area contributed by atoms with Crippen molar-refractivity contribution >= 4 is 11.6 Å². The first kappa shape index (κ1) is 9.31. The molecule has 80 valence electrons. The second-order valence-corrected chi connectivity index (χ2v) is 4.62. The summed E-state index contributed by atoms with van der Waals surface area (Å²) >= 11 is 6.04. The van der Waals surface area contributed by atoms with Gasteiger partial charge in [-0.25, -0.2) is 0 Å². The van der Waals surface area contributed by atoms with E-state index in [1.165, 1.54) is 0 Å². The molecule has 0 aromatic heterocycles. The van der Waals surface area contributed by atoms with Gasteiger partial charge in [0, 0.05) is 6.42 Å². The van der Waals surface area contributed by atoms with E-state index in [1.54, 1.807) is 0 Å². The molecule has 1 aromatic carbocycles. The molecule has 1 saturated carbocycles. The van der Waals surface area contributed by atoms with E-state index in [2.05, 4.69) is 0 Å². The molecule has 0 amide bonds. The summed E-state index contributed by atoms with van der Waals surface area (Å²) in [5.74, 6) is 1.30. The number of ether oxygens (including phenoxy) is 2. The van der Waals surface area contributed by atoms with Crippen LogP contribution in [0.25, 0.3) is 0 Å². The molecule has 0 bridgehead atoms. The average molecular weight is 227 g/mol. The maximum Gasteiger partial charge on any atom is 0.231 e. The number of hydrogen-bond acceptors (Lipinski definition) is 3. The molecular formula is C11H11ClO3. The van der Waals surface area contributed by atoms with Gasteiger partial charge in [0.15, 0.2) is 11.5 Å².